The Kier molecular flexibility index (Phi) is 7.86. The topological polar surface area (TPSA) is 12.0 Å². The Morgan fingerprint density at radius 1 is 0.351 bits per heavy atom. The second kappa shape index (κ2) is 12.2. The van der Waals surface area contributed by atoms with Gasteiger partial charge in [-0.05, 0) is 57.6 Å². The molecule has 0 aromatic heterocycles. The number of hydrogen-bond acceptors (Lipinski definition) is 1. The van der Waals surface area contributed by atoms with Crippen molar-refractivity contribution in [2.24, 2.45) is 0 Å². The molecule has 0 radical (unpaired) electrons. The molecule has 0 amide bonds. The molecule has 5 rings (SSSR count). The third kappa shape index (κ3) is 7.06. The minimum atomic E-state index is 1.05. The zero-order chi connectivity index (χ0) is 25.1. The average molecular weight is 476 g/mol. The molecule has 0 saturated heterocycles. The van der Waals surface area contributed by atoms with Gasteiger partial charge in [-0.25, -0.2) is 0 Å². The smallest absolute Gasteiger partial charge is 0.0458 e. The monoisotopic (exact) mass is 475 g/mol. The maximum absolute atomic E-state index is 3.61. The molecule has 0 spiro atoms. The minimum Gasteiger partial charge on any atom is -0.355 e. The zero-order valence-corrected chi connectivity index (χ0v) is 20.7. The summed E-state index contributed by atoms with van der Waals surface area (Å²) in [6, 6.07) is 46.2. The fourth-order valence-corrected chi connectivity index (χ4v) is 4.03. The number of anilines is 2. The molecule has 1 nitrogen and oxygen atoms in total. The van der Waals surface area contributed by atoms with Crippen molar-refractivity contribution < 1.29 is 0 Å². The highest BCUT2D eigenvalue weighted by Gasteiger charge is 2.03. The normalized spacial score (nSPS) is 11.5. The Bertz CT molecular complexity index is 1490. The second-order valence-corrected chi connectivity index (χ2v) is 8.83. The van der Waals surface area contributed by atoms with Gasteiger partial charge < -0.3 is 5.32 Å². The van der Waals surface area contributed by atoms with Crippen LogP contribution in [0.5, 0.6) is 0 Å². The highest BCUT2D eigenvalue weighted by atomic mass is 14.9. The van der Waals surface area contributed by atoms with Crippen LogP contribution in [-0.4, -0.2) is 0 Å². The summed E-state index contributed by atoms with van der Waals surface area (Å²) in [6.07, 6.45) is 12.9. The summed E-state index contributed by atoms with van der Waals surface area (Å²) >= 11 is 0. The van der Waals surface area contributed by atoms with Crippen LogP contribution in [0.2, 0.25) is 0 Å². The predicted molar refractivity (Wildman–Crippen MR) is 162 cm³/mol. The first-order valence-corrected chi connectivity index (χ1v) is 12.5. The first kappa shape index (κ1) is 23.8. The molecule has 0 aliphatic carbocycles. The maximum Gasteiger partial charge on any atom is 0.0458 e. The van der Waals surface area contributed by atoms with Crippen molar-refractivity contribution in [3.05, 3.63) is 167 Å². The van der Waals surface area contributed by atoms with Crippen LogP contribution in [0.15, 0.2) is 133 Å². The summed E-state index contributed by atoms with van der Waals surface area (Å²) in [5.74, 6) is 0. The van der Waals surface area contributed by atoms with E-state index < -0.39 is 0 Å². The molecule has 37 heavy (non-hydrogen) atoms. The van der Waals surface area contributed by atoms with Crippen LogP contribution in [-0.2, 0) is 0 Å². The molecule has 5 aromatic carbocycles. The number of nitrogens with one attached hydrogen (secondary N) is 1. The van der Waals surface area contributed by atoms with Crippen LogP contribution in [0.1, 0.15) is 33.4 Å². The summed E-state index contributed by atoms with van der Waals surface area (Å²) < 4.78 is 0. The van der Waals surface area contributed by atoms with Crippen LogP contribution in [0, 0.1) is 0 Å². The van der Waals surface area contributed by atoms with Crippen LogP contribution in [0.25, 0.3) is 36.5 Å². The second-order valence-electron chi connectivity index (χ2n) is 8.83. The molecule has 0 saturated carbocycles. The Morgan fingerprint density at radius 3 is 1.27 bits per heavy atom. The van der Waals surface area contributed by atoms with Gasteiger partial charge in [0.25, 0.3) is 0 Å². The summed E-state index contributed by atoms with van der Waals surface area (Å²) in [6.45, 7) is 0. The van der Waals surface area contributed by atoms with Crippen LogP contribution >= 0.6 is 0 Å². The lowest BCUT2D eigenvalue weighted by Gasteiger charge is -2.11. The van der Waals surface area contributed by atoms with Crippen LogP contribution in [0.3, 0.4) is 0 Å². The van der Waals surface area contributed by atoms with Gasteiger partial charge in [-0.2, -0.15) is 0 Å². The van der Waals surface area contributed by atoms with E-state index in [0.29, 0.717) is 0 Å². The summed E-state index contributed by atoms with van der Waals surface area (Å²) in [7, 11) is 0. The molecule has 0 atom stereocenters. The van der Waals surface area contributed by atoms with Gasteiger partial charge in [-0.3, -0.25) is 0 Å². The Hall–Kier alpha value is -4.88. The molecule has 0 unspecified atom stereocenters. The van der Waals surface area contributed by atoms with E-state index in [-0.39, 0.29) is 0 Å². The molecule has 5 aromatic rings. The molecule has 0 bridgehead atoms. The molecule has 0 heterocycles. The molecule has 0 fully saturated rings. The van der Waals surface area contributed by atoms with Crippen molar-refractivity contribution in [3.8, 4) is 0 Å². The third-order valence-electron chi connectivity index (χ3n) is 6.06. The predicted octanol–water partition coefficient (Wildman–Crippen LogP) is 9.94. The van der Waals surface area contributed by atoms with Crippen molar-refractivity contribution in [2.75, 3.05) is 5.32 Å². The van der Waals surface area contributed by atoms with E-state index in [1.807, 2.05) is 18.2 Å². The van der Waals surface area contributed by atoms with Gasteiger partial charge in [-0.1, -0.05) is 146 Å². The highest BCUT2D eigenvalue weighted by molar-refractivity contribution is 5.82. The Labute approximate surface area is 219 Å². The minimum absolute atomic E-state index is 1.05. The lowest BCUT2D eigenvalue weighted by Crippen LogP contribution is -1.94. The quantitative estimate of drug-likeness (QED) is 0.220. The first-order valence-electron chi connectivity index (χ1n) is 12.5. The summed E-state index contributed by atoms with van der Waals surface area (Å²) in [4.78, 5) is 0. The van der Waals surface area contributed by atoms with Gasteiger partial charge in [0.2, 0.25) is 0 Å². The van der Waals surface area contributed by atoms with Crippen molar-refractivity contribution in [2.45, 2.75) is 0 Å². The van der Waals surface area contributed by atoms with Gasteiger partial charge in [0.15, 0.2) is 0 Å². The fourth-order valence-electron chi connectivity index (χ4n) is 4.03. The fraction of sp³-hybridized carbons (Fsp3) is 0. The van der Waals surface area contributed by atoms with Crippen molar-refractivity contribution in [1.29, 1.82) is 0 Å². The lowest BCUT2D eigenvalue weighted by molar-refractivity contribution is 1.51. The molecule has 1 heteroatoms. The maximum atomic E-state index is 3.61. The van der Waals surface area contributed by atoms with Gasteiger partial charge in [-0.15, -0.1) is 0 Å². The summed E-state index contributed by atoms with van der Waals surface area (Å²) in [5.41, 5.74) is 9.13. The standard InChI is InChI=1S/C36H29N/c1-4-10-29(11-5-1)16-17-32-21-25-35(26-22-32)37-36-27-23-33(19-18-30-12-6-2-7-13-30)28-34(36)24-20-31-14-8-3-9-15-31/h1-28,37H. The van der Waals surface area contributed by atoms with Gasteiger partial charge in [0, 0.05) is 11.4 Å². The van der Waals surface area contributed by atoms with E-state index in [4.69, 9.17) is 0 Å². The van der Waals surface area contributed by atoms with E-state index >= 15 is 0 Å². The van der Waals surface area contributed by atoms with E-state index in [1.165, 1.54) is 22.3 Å². The first-order chi connectivity index (χ1) is 18.3. The van der Waals surface area contributed by atoms with Crippen LogP contribution in [0.4, 0.5) is 11.4 Å². The number of benzene rings is 5. The lowest BCUT2D eigenvalue weighted by atomic mass is 10.0. The molecular weight excluding hydrogens is 446 g/mol. The van der Waals surface area contributed by atoms with Gasteiger partial charge >= 0.3 is 0 Å². The molecule has 0 aliphatic rings. The van der Waals surface area contributed by atoms with E-state index in [9.17, 15) is 0 Å². The Morgan fingerprint density at radius 2 is 0.757 bits per heavy atom. The molecule has 1 N–H and O–H groups in total. The summed E-state index contributed by atoms with van der Waals surface area (Å²) in [5, 5.41) is 3.61. The van der Waals surface area contributed by atoms with Crippen molar-refractivity contribution >= 4 is 47.8 Å². The molecule has 0 aliphatic heterocycles. The highest BCUT2D eigenvalue weighted by Crippen LogP contribution is 2.26. The molecular formula is C36H29N. The van der Waals surface area contributed by atoms with Crippen LogP contribution < -0.4 is 5.32 Å². The van der Waals surface area contributed by atoms with Crippen molar-refractivity contribution in [1.82, 2.24) is 0 Å². The van der Waals surface area contributed by atoms with Gasteiger partial charge in [0.1, 0.15) is 0 Å². The number of rotatable bonds is 8. The molecule has 178 valence electrons. The van der Waals surface area contributed by atoms with E-state index in [1.54, 1.807) is 0 Å². The SMILES string of the molecule is C(=Cc1ccc(Nc2ccc(C=Cc3ccccc3)cc2C=Cc2ccccc2)cc1)c1ccccc1. The van der Waals surface area contributed by atoms with E-state index in [2.05, 4.69) is 157 Å². The van der Waals surface area contributed by atoms with E-state index in [0.717, 1.165) is 22.5 Å². The van der Waals surface area contributed by atoms with Crippen molar-refractivity contribution in [3.63, 3.8) is 0 Å². The third-order valence-corrected chi connectivity index (χ3v) is 6.06. The van der Waals surface area contributed by atoms with Gasteiger partial charge in [0.05, 0.1) is 0 Å². The Balaban J connectivity index is 1.37. The average Bonchev–Trinajstić information content (AvgIpc) is 2.97. The number of hydrogen-bond donors (Lipinski definition) is 1. The zero-order valence-electron chi connectivity index (χ0n) is 20.7. The largest absolute Gasteiger partial charge is 0.355 e.